The van der Waals surface area contributed by atoms with E-state index in [0.29, 0.717) is 6.54 Å². The summed E-state index contributed by atoms with van der Waals surface area (Å²) in [5.41, 5.74) is 2.28. The lowest BCUT2D eigenvalue weighted by Crippen LogP contribution is -2.23. The maximum absolute atomic E-state index is 11.5. The van der Waals surface area contributed by atoms with E-state index in [2.05, 4.69) is 38.2 Å². The number of hydrogen-bond acceptors (Lipinski definition) is 3. The Kier molecular flexibility index (Phi) is 6.39. The molecule has 26 heavy (non-hydrogen) atoms. The fourth-order valence-corrected chi connectivity index (χ4v) is 2.34. The van der Waals surface area contributed by atoms with Crippen LogP contribution in [0, 0.1) is 0 Å². The maximum atomic E-state index is 11.5. The Morgan fingerprint density at radius 2 is 1.46 bits per heavy atom. The topological polar surface area (TPSA) is 75.6 Å². The second kappa shape index (κ2) is 8.52. The molecular formula is C21H25NO4. The van der Waals surface area contributed by atoms with Gasteiger partial charge >= 0.3 is 5.97 Å². The van der Waals surface area contributed by atoms with E-state index in [0.717, 1.165) is 17.1 Å². The molecule has 0 aliphatic heterocycles. The molecule has 0 bridgehead atoms. The number of ether oxygens (including phenoxy) is 1. The number of benzene rings is 2. The van der Waals surface area contributed by atoms with Crippen molar-refractivity contribution in [1.82, 2.24) is 5.32 Å². The van der Waals surface area contributed by atoms with E-state index in [1.54, 1.807) is 0 Å². The third-order valence-electron chi connectivity index (χ3n) is 3.94. The van der Waals surface area contributed by atoms with E-state index in [-0.39, 0.29) is 24.2 Å². The van der Waals surface area contributed by atoms with Crippen LogP contribution in [0.25, 0.3) is 0 Å². The van der Waals surface area contributed by atoms with Crippen LogP contribution in [0.15, 0.2) is 48.5 Å². The summed E-state index contributed by atoms with van der Waals surface area (Å²) in [5, 5.41) is 11.3. The molecule has 2 N–H and O–H groups in total. The van der Waals surface area contributed by atoms with Crippen molar-refractivity contribution in [2.75, 3.05) is 0 Å². The molecule has 0 aliphatic carbocycles. The maximum Gasteiger partial charge on any atom is 0.303 e. The zero-order valence-electron chi connectivity index (χ0n) is 15.4. The summed E-state index contributed by atoms with van der Waals surface area (Å²) in [6.45, 7) is 6.87. The normalized spacial score (nSPS) is 11.0. The van der Waals surface area contributed by atoms with Crippen LogP contribution in [-0.2, 0) is 21.5 Å². The van der Waals surface area contributed by atoms with Crippen molar-refractivity contribution in [2.45, 2.75) is 45.6 Å². The third-order valence-corrected chi connectivity index (χ3v) is 3.94. The molecule has 0 spiro atoms. The molecule has 0 unspecified atom stereocenters. The average molecular weight is 355 g/mol. The Balaban J connectivity index is 1.87. The van der Waals surface area contributed by atoms with Gasteiger partial charge in [-0.3, -0.25) is 9.59 Å². The molecule has 5 heteroatoms. The highest BCUT2D eigenvalue weighted by atomic mass is 16.5. The van der Waals surface area contributed by atoms with Gasteiger partial charge in [0.1, 0.15) is 11.5 Å². The predicted molar refractivity (Wildman–Crippen MR) is 100 cm³/mol. The van der Waals surface area contributed by atoms with Gasteiger partial charge in [0, 0.05) is 13.0 Å². The van der Waals surface area contributed by atoms with Gasteiger partial charge in [0.15, 0.2) is 0 Å². The van der Waals surface area contributed by atoms with Gasteiger partial charge in [-0.2, -0.15) is 0 Å². The van der Waals surface area contributed by atoms with Crippen molar-refractivity contribution < 1.29 is 19.4 Å². The third kappa shape index (κ3) is 6.24. The Morgan fingerprint density at radius 3 is 1.96 bits per heavy atom. The Labute approximate surface area is 154 Å². The molecule has 0 saturated heterocycles. The lowest BCUT2D eigenvalue weighted by Gasteiger charge is -2.19. The van der Waals surface area contributed by atoms with E-state index < -0.39 is 5.97 Å². The molecule has 0 aromatic heterocycles. The number of carboxylic acids is 1. The molecule has 5 nitrogen and oxygen atoms in total. The molecule has 0 heterocycles. The van der Waals surface area contributed by atoms with Crippen LogP contribution >= 0.6 is 0 Å². The second-order valence-corrected chi connectivity index (χ2v) is 7.19. The van der Waals surface area contributed by atoms with Crippen LogP contribution in [0.5, 0.6) is 11.5 Å². The SMILES string of the molecule is CC(C)(C)c1ccc(Oc2ccc(CNC(=O)CCC(=O)O)cc2)cc1. The first-order valence-electron chi connectivity index (χ1n) is 8.60. The number of carbonyl (C=O) groups is 2. The highest BCUT2D eigenvalue weighted by Crippen LogP contribution is 2.27. The van der Waals surface area contributed by atoms with Crippen molar-refractivity contribution in [3.8, 4) is 11.5 Å². The molecule has 2 aromatic carbocycles. The fraction of sp³-hybridized carbons (Fsp3) is 0.333. The lowest BCUT2D eigenvalue weighted by atomic mass is 9.87. The summed E-state index contributed by atoms with van der Waals surface area (Å²) in [6, 6.07) is 15.5. The Bertz CT molecular complexity index is 743. The van der Waals surface area contributed by atoms with Crippen molar-refractivity contribution in [3.05, 3.63) is 59.7 Å². The van der Waals surface area contributed by atoms with E-state index in [4.69, 9.17) is 9.84 Å². The first kappa shape index (κ1) is 19.5. The van der Waals surface area contributed by atoms with Crippen molar-refractivity contribution in [2.24, 2.45) is 0 Å². The standard InChI is InChI=1S/C21H25NO4/c1-21(2,3)16-6-10-18(11-7-16)26-17-8-4-15(5-9-17)14-22-19(23)12-13-20(24)25/h4-11H,12-14H2,1-3H3,(H,22,23)(H,24,25). The van der Waals surface area contributed by atoms with Gasteiger partial charge in [0.2, 0.25) is 5.91 Å². The summed E-state index contributed by atoms with van der Waals surface area (Å²) in [4.78, 5) is 22.0. The molecule has 0 aliphatic rings. The Morgan fingerprint density at radius 1 is 0.923 bits per heavy atom. The van der Waals surface area contributed by atoms with Crippen LogP contribution < -0.4 is 10.1 Å². The summed E-state index contributed by atoms with van der Waals surface area (Å²) >= 11 is 0. The molecular weight excluding hydrogens is 330 g/mol. The van der Waals surface area contributed by atoms with Gasteiger partial charge < -0.3 is 15.2 Å². The van der Waals surface area contributed by atoms with Gasteiger partial charge in [-0.1, -0.05) is 45.0 Å². The number of hydrogen-bond donors (Lipinski definition) is 2. The lowest BCUT2D eigenvalue weighted by molar-refractivity contribution is -0.138. The van der Waals surface area contributed by atoms with Gasteiger partial charge in [-0.15, -0.1) is 0 Å². The summed E-state index contributed by atoms with van der Waals surface area (Å²) < 4.78 is 5.84. The largest absolute Gasteiger partial charge is 0.481 e. The minimum Gasteiger partial charge on any atom is -0.481 e. The van der Waals surface area contributed by atoms with Crippen LogP contribution in [-0.4, -0.2) is 17.0 Å². The molecule has 2 aromatic rings. The number of aliphatic carboxylic acids is 1. The van der Waals surface area contributed by atoms with E-state index >= 15 is 0 Å². The number of carbonyl (C=O) groups excluding carboxylic acids is 1. The average Bonchev–Trinajstić information content (AvgIpc) is 2.59. The van der Waals surface area contributed by atoms with Crippen molar-refractivity contribution in [3.63, 3.8) is 0 Å². The minimum absolute atomic E-state index is 0.0128. The molecule has 0 fully saturated rings. The predicted octanol–water partition coefficient (Wildman–Crippen LogP) is 4.26. The van der Waals surface area contributed by atoms with Gasteiger partial charge in [0.05, 0.1) is 6.42 Å². The van der Waals surface area contributed by atoms with Crippen LogP contribution in [0.1, 0.15) is 44.7 Å². The molecule has 0 atom stereocenters. The summed E-state index contributed by atoms with van der Waals surface area (Å²) in [7, 11) is 0. The monoisotopic (exact) mass is 355 g/mol. The zero-order chi connectivity index (χ0) is 19.2. The summed E-state index contributed by atoms with van der Waals surface area (Å²) in [5.74, 6) is 0.242. The minimum atomic E-state index is -0.975. The summed E-state index contributed by atoms with van der Waals surface area (Å²) in [6.07, 6.45) is -0.173. The molecule has 2 rings (SSSR count). The number of carboxylic acid groups (broad SMARTS) is 1. The Hall–Kier alpha value is -2.82. The van der Waals surface area contributed by atoms with Crippen molar-refractivity contribution >= 4 is 11.9 Å². The number of nitrogens with one attached hydrogen (secondary N) is 1. The fourth-order valence-electron chi connectivity index (χ4n) is 2.34. The highest BCUT2D eigenvalue weighted by molar-refractivity contribution is 5.80. The smallest absolute Gasteiger partial charge is 0.303 e. The van der Waals surface area contributed by atoms with Crippen LogP contribution in [0.4, 0.5) is 0 Å². The van der Waals surface area contributed by atoms with Gasteiger partial charge in [0.25, 0.3) is 0 Å². The second-order valence-electron chi connectivity index (χ2n) is 7.19. The first-order valence-corrected chi connectivity index (χ1v) is 8.60. The molecule has 138 valence electrons. The molecule has 0 radical (unpaired) electrons. The highest BCUT2D eigenvalue weighted by Gasteiger charge is 2.13. The van der Waals surface area contributed by atoms with Gasteiger partial charge in [-0.05, 0) is 40.8 Å². The zero-order valence-corrected chi connectivity index (χ0v) is 15.4. The van der Waals surface area contributed by atoms with Gasteiger partial charge in [-0.25, -0.2) is 0 Å². The quantitative estimate of drug-likeness (QED) is 0.778. The molecule has 0 saturated carbocycles. The number of amides is 1. The van der Waals surface area contributed by atoms with Crippen LogP contribution in [0.2, 0.25) is 0 Å². The molecule has 1 amide bonds. The number of rotatable bonds is 7. The van der Waals surface area contributed by atoms with E-state index in [1.807, 2.05) is 36.4 Å². The van der Waals surface area contributed by atoms with E-state index in [1.165, 1.54) is 5.56 Å². The van der Waals surface area contributed by atoms with E-state index in [9.17, 15) is 9.59 Å². The van der Waals surface area contributed by atoms with Crippen molar-refractivity contribution in [1.29, 1.82) is 0 Å². The van der Waals surface area contributed by atoms with Crippen LogP contribution in [0.3, 0.4) is 0 Å². The first-order chi connectivity index (χ1) is 12.2.